The van der Waals surface area contributed by atoms with Crippen molar-refractivity contribution in [3.8, 4) is 0 Å². The molecule has 0 atom stereocenters. The highest BCUT2D eigenvalue weighted by molar-refractivity contribution is 8.02. The van der Waals surface area contributed by atoms with Gasteiger partial charge >= 0.3 is 6.09 Å². The minimum atomic E-state index is -0.468. The van der Waals surface area contributed by atoms with E-state index in [0.717, 1.165) is 5.56 Å². The summed E-state index contributed by atoms with van der Waals surface area (Å²) in [7, 11) is 0. The van der Waals surface area contributed by atoms with Crippen LogP contribution in [-0.4, -0.2) is 6.09 Å². The van der Waals surface area contributed by atoms with Crippen molar-refractivity contribution in [2.24, 2.45) is 0 Å². The quantitative estimate of drug-likeness (QED) is 0.619. The molecule has 0 aliphatic rings. The molecule has 0 bridgehead atoms. The second-order valence-corrected chi connectivity index (χ2v) is 5.30. The summed E-state index contributed by atoms with van der Waals surface area (Å²) in [5.74, 6) is 0. The van der Waals surface area contributed by atoms with Gasteiger partial charge in [0.25, 0.3) is 0 Å². The van der Waals surface area contributed by atoms with Crippen molar-refractivity contribution in [3.63, 3.8) is 0 Å². The first-order valence-electron chi connectivity index (χ1n) is 6.85. The van der Waals surface area contributed by atoms with Crippen molar-refractivity contribution in [2.75, 3.05) is 0 Å². The zero-order valence-electron chi connectivity index (χ0n) is 12.0. The van der Waals surface area contributed by atoms with E-state index < -0.39 is 6.09 Å². The SMILES string of the molecule is O=C(N/C=C\C=C\Sc1ccccc1)OCc1ccccc1. The van der Waals surface area contributed by atoms with E-state index in [1.165, 1.54) is 4.90 Å². The largest absolute Gasteiger partial charge is 0.444 e. The van der Waals surface area contributed by atoms with Gasteiger partial charge in [0, 0.05) is 11.1 Å². The predicted molar refractivity (Wildman–Crippen MR) is 90.3 cm³/mol. The van der Waals surface area contributed by atoms with Gasteiger partial charge in [-0.25, -0.2) is 4.79 Å². The molecular formula is C18H17NO2S. The molecule has 4 heteroatoms. The van der Waals surface area contributed by atoms with E-state index in [1.54, 1.807) is 24.0 Å². The number of ether oxygens (including phenoxy) is 1. The molecule has 0 unspecified atom stereocenters. The van der Waals surface area contributed by atoms with E-state index in [4.69, 9.17) is 4.74 Å². The van der Waals surface area contributed by atoms with Gasteiger partial charge in [0.15, 0.2) is 0 Å². The summed E-state index contributed by atoms with van der Waals surface area (Å²) < 4.78 is 5.07. The lowest BCUT2D eigenvalue weighted by Crippen LogP contribution is -2.18. The van der Waals surface area contributed by atoms with Crippen LogP contribution in [0.2, 0.25) is 0 Å². The molecule has 2 aromatic rings. The third-order valence-corrected chi connectivity index (χ3v) is 3.48. The maximum atomic E-state index is 11.5. The Morgan fingerprint density at radius 2 is 1.68 bits per heavy atom. The average Bonchev–Trinajstić information content (AvgIpc) is 2.58. The fourth-order valence-electron chi connectivity index (χ4n) is 1.60. The van der Waals surface area contributed by atoms with Crippen LogP contribution in [-0.2, 0) is 11.3 Å². The lowest BCUT2D eigenvalue weighted by atomic mass is 10.2. The van der Waals surface area contributed by atoms with Gasteiger partial charge in [0.1, 0.15) is 6.61 Å². The molecule has 1 amide bonds. The topological polar surface area (TPSA) is 38.3 Å². The smallest absolute Gasteiger partial charge is 0.411 e. The Kier molecular flexibility index (Phi) is 6.85. The molecule has 112 valence electrons. The molecule has 0 saturated heterocycles. The number of nitrogens with one attached hydrogen (secondary N) is 1. The fourth-order valence-corrected chi connectivity index (χ4v) is 2.24. The van der Waals surface area contributed by atoms with E-state index >= 15 is 0 Å². The van der Waals surface area contributed by atoms with Gasteiger partial charge in [-0.1, -0.05) is 66.4 Å². The van der Waals surface area contributed by atoms with Crippen LogP contribution >= 0.6 is 11.8 Å². The molecule has 2 rings (SSSR count). The third-order valence-electron chi connectivity index (χ3n) is 2.65. The van der Waals surface area contributed by atoms with Gasteiger partial charge in [-0.15, -0.1) is 0 Å². The van der Waals surface area contributed by atoms with Crippen molar-refractivity contribution >= 4 is 17.9 Å². The van der Waals surface area contributed by atoms with Crippen molar-refractivity contribution in [1.82, 2.24) is 5.32 Å². The molecule has 1 N–H and O–H groups in total. The molecule has 0 aliphatic carbocycles. The lowest BCUT2D eigenvalue weighted by Gasteiger charge is -2.03. The van der Waals surface area contributed by atoms with Crippen LogP contribution in [0.25, 0.3) is 0 Å². The molecule has 0 heterocycles. The Labute approximate surface area is 134 Å². The first-order valence-corrected chi connectivity index (χ1v) is 7.73. The maximum Gasteiger partial charge on any atom is 0.411 e. The number of carbonyl (C=O) groups excluding carboxylic acids is 1. The number of carbonyl (C=O) groups is 1. The Hall–Kier alpha value is -2.46. The third kappa shape index (κ3) is 6.33. The van der Waals surface area contributed by atoms with Crippen molar-refractivity contribution in [1.29, 1.82) is 0 Å². The number of allylic oxidation sites excluding steroid dienone is 2. The van der Waals surface area contributed by atoms with Gasteiger partial charge < -0.3 is 4.74 Å². The number of rotatable bonds is 6. The second-order valence-electron chi connectivity index (χ2n) is 4.32. The first-order chi connectivity index (χ1) is 10.8. The molecule has 0 radical (unpaired) electrons. The highest BCUT2D eigenvalue weighted by Gasteiger charge is 1.98. The highest BCUT2D eigenvalue weighted by Crippen LogP contribution is 2.17. The van der Waals surface area contributed by atoms with E-state index in [0.29, 0.717) is 0 Å². The maximum absolute atomic E-state index is 11.5. The molecule has 0 aliphatic heterocycles. The van der Waals surface area contributed by atoms with Crippen LogP contribution in [0.5, 0.6) is 0 Å². The summed E-state index contributed by atoms with van der Waals surface area (Å²) in [6.45, 7) is 0.264. The first kappa shape index (κ1) is 15.9. The molecule has 3 nitrogen and oxygen atoms in total. The van der Waals surface area contributed by atoms with Crippen LogP contribution < -0.4 is 5.32 Å². The molecule has 22 heavy (non-hydrogen) atoms. The number of hydrogen-bond donors (Lipinski definition) is 1. The Balaban J connectivity index is 1.63. The summed E-state index contributed by atoms with van der Waals surface area (Å²) in [4.78, 5) is 12.6. The summed E-state index contributed by atoms with van der Waals surface area (Å²) in [5.41, 5.74) is 0.959. The summed E-state index contributed by atoms with van der Waals surface area (Å²) in [6, 6.07) is 19.6. The number of alkyl carbamates (subject to hydrolysis) is 1. The van der Waals surface area contributed by atoms with E-state index in [2.05, 4.69) is 5.32 Å². The summed E-state index contributed by atoms with van der Waals surface area (Å²) in [5, 5.41) is 4.50. The number of hydrogen-bond acceptors (Lipinski definition) is 3. The normalized spacial score (nSPS) is 10.9. The molecule has 0 spiro atoms. The highest BCUT2D eigenvalue weighted by atomic mass is 32.2. The van der Waals surface area contributed by atoms with Crippen LogP contribution in [0.1, 0.15) is 5.56 Å². The summed E-state index contributed by atoms with van der Waals surface area (Å²) >= 11 is 1.61. The van der Waals surface area contributed by atoms with Crippen LogP contribution in [0.3, 0.4) is 0 Å². The molecule has 0 fully saturated rings. The number of benzene rings is 2. The van der Waals surface area contributed by atoms with Gasteiger partial charge in [-0.3, -0.25) is 5.32 Å². The zero-order chi connectivity index (χ0) is 15.5. The van der Waals surface area contributed by atoms with Crippen molar-refractivity contribution in [3.05, 3.63) is 90.0 Å². The van der Waals surface area contributed by atoms with Crippen molar-refractivity contribution in [2.45, 2.75) is 11.5 Å². The van der Waals surface area contributed by atoms with E-state index in [1.807, 2.05) is 72.1 Å². The van der Waals surface area contributed by atoms with Crippen LogP contribution in [0, 0.1) is 0 Å². The van der Waals surface area contributed by atoms with Gasteiger partial charge in [0.05, 0.1) is 0 Å². The van der Waals surface area contributed by atoms with Crippen molar-refractivity contribution < 1.29 is 9.53 Å². The Bertz CT molecular complexity index is 624. The molecule has 2 aromatic carbocycles. The number of thioether (sulfide) groups is 1. The second kappa shape index (κ2) is 9.47. The van der Waals surface area contributed by atoms with Crippen LogP contribution in [0.4, 0.5) is 4.79 Å². The number of amides is 1. The molecule has 0 saturated carbocycles. The molecular weight excluding hydrogens is 294 g/mol. The van der Waals surface area contributed by atoms with Gasteiger partial charge in [-0.2, -0.15) is 0 Å². The predicted octanol–water partition coefficient (Wildman–Crippen LogP) is 4.73. The van der Waals surface area contributed by atoms with E-state index in [-0.39, 0.29) is 6.61 Å². The lowest BCUT2D eigenvalue weighted by molar-refractivity contribution is 0.143. The standard InChI is InChI=1S/C18H17NO2S/c20-18(21-15-16-9-3-1-4-10-16)19-13-7-8-14-22-17-11-5-2-6-12-17/h1-14H,15H2,(H,19,20)/b13-7-,14-8+. The molecule has 0 aromatic heterocycles. The Morgan fingerprint density at radius 3 is 2.41 bits per heavy atom. The Morgan fingerprint density at radius 1 is 1.00 bits per heavy atom. The van der Waals surface area contributed by atoms with Gasteiger partial charge in [-0.05, 0) is 29.2 Å². The zero-order valence-corrected chi connectivity index (χ0v) is 12.8. The fraction of sp³-hybridized carbons (Fsp3) is 0.0556. The van der Waals surface area contributed by atoms with E-state index in [9.17, 15) is 4.79 Å². The summed E-state index contributed by atoms with van der Waals surface area (Å²) in [6.07, 6.45) is 4.69. The average molecular weight is 311 g/mol. The van der Waals surface area contributed by atoms with Gasteiger partial charge in [0.2, 0.25) is 0 Å². The minimum Gasteiger partial charge on any atom is -0.444 e. The monoisotopic (exact) mass is 311 g/mol. The van der Waals surface area contributed by atoms with Crippen LogP contribution in [0.15, 0.2) is 89.3 Å². The minimum absolute atomic E-state index is 0.264.